The number of rotatable bonds is 8. The molecule has 0 N–H and O–H groups in total. The Labute approximate surface area is 173 Å². The van der Waals surface area contributed by atoms with Gasteiger partial charge in [-0.1, -0.05) is 6.92 Å². The van der Waals surface area contributed by atoms with Gasteiger partial charge in [-0.05, 0) is 61.5 Å². The third-order valence-electron chi connectivity index (χ3n) is 4.47. The maximum atomic E-state index is 12.4. The van der Waals surface area contributed by atoms with Gasteiger partial charge in [-0.15, -0.1) is 11.3 Å². The lowest BCUT2D eigenvalue weighted by Crippen LogP contribution is -2.26. The summed E-state index contributed by atoms with van der Waals surface area (Å²) in [5.41, 5.74) is 2.05. The molecule has 28 heavy (non-hydrogen) atoms. The molecule has 0 fully saturated rings. The first-order valence-electron chi connectivity index (χ1n) is 9.32. The Morgan fingerprint density at radius 1 is 1.25 bits per heavy atom. The first kappa shape index (κ1) is 20.5. The Morgan fingerprint density at radius 2 is 2.00 bits per heavy atom. The van der Waals surface area contributed by atoms with Crippen LogP contribution in [0.1, 0.15) is 41.1 Å². The van der Waals surface area contributed by atoms with Crippen LogP contribution >= 0.6 is 22.9 Å². The largest absolute Gasteiger partial charge is 0.462 e. The summed E-state index contributed by atoms with van der Waals surface area (Å²) in [5, 5.41) is 1.05. The molecule has 0 unspecified atom stereocenters. The van der Waals surface area contributed by atoms with Crippen LogP contribution in [0.3, 0.4) is 0 Å². The van der Waals surface area contributed by atoms with Gasteiger partial charge in [0.15, 0.2) is 0 Å². The van der Waals surface area contributed by atoms with E-state index in [0.29, 0.717) is 16.3 Å². The summed E-state index contributed by atoms with van der Waals surface area (Å²) in [5.74, 6) is 0.444. The van der Waals surface area contributed by atoms with E-state index in [1.807, 2.05) is 26.0 Å². The molecule has 0 spiro atoms. The number of hydrogen-bond donors (Lipinski definition) is 0. The van der Waals surface area contributed by atoms with Crippen LogP contribution in [0.15, 0.2) is 24.5 Å². The molecule has 3 aromatic heterocycles. The summed E-state index contributed by atoms with van der Waals surface area (Å²) in [7, 11) is 0. The second kappa shape index (κ2) is 9.30. The second-order valence-corrected chi connectivity index (χ2v) is 7.71. The number of aryl methyl sites for hydroxylation is 1. The maximum absolute atomic E-state index is 12.4. The lowest BCUT2D eigenvalue weighted by molar-refractivity contribution is 0.0510. The molecule has 3 heterocycles. The second-order valence-electron chi connectivity index (χ2n) is 6.37. The molecule has 0 amide bonds. The number of thiophene rings is 1. The normalized spacial score (nSPS) is 11.0. The van der Waals surface area contributed by atoms with Gasteiger partial charge in [0.05, 0.1) is 12.0 Å². The van der Waals surface area contributed by atoms with Crippen molar-refractivity contribution in [2.24, 2.45) is 0 Å². The summed E-state index contributed by atoms with van der Waals surface area (Å²) in [6.45, 7) is 7.90. The number of fused-ring (bicyclic) bond motifs is 1. The minimum Gasteiger partial charge on any atom is -0.462 e. The van der Waals surface area contributed by atoms with Gasteiger partial charge in [-0.25, -0.2) is 9.78 Å². The van der Waals surface area contributed by atoms with E-state index < -0.39 is 0 Å². The number of carbonyl (C=O) groups excluding carboxylic acids is 1. The van der Waals surface area contributed by atoms with Gasteiger partial charge in [0.25, 0.3) is 0 Å². The average molecular weight is 419 g/mol. The average Bonchev–Trinajstić information content (AvgIpc) is 3.03. The zero-order valence-corrected chi connectivity index (χ0v) is 17.8. The van der Waals surface area contributed by atoms with E-state index in [-0.39, 0.29) is 11.3 Å². The van der Waals surface area contributed by atoms with Crippen molar-refractivity contribution < 1.29 is 9.53 Å². The zero-order chi connectivity index (χ0) is 20.1. The zero-order valence-electron chi connectivity index (χ0n) is 16.2. The number of ether oxygens (including phenoxy) is 1. The first-order chi connectivity index (χ1) is 13.5. The van der Waals surface area contributed by atoms with Crippen LogP contribution in [0.2, 0.25) is 5.28 Å². The fourth-order valence-corrected chi connectivity index (χ4v) is 4.29. The molecule has 0 atom stereocenters. The number of nitrogens with zero attached hydrogens (tertiary/aromatic N) is 4. The van der Waals surface area contributed by atoms with Gasteiger partial charge in [-0.2, -0.15) is 4.98 Å². The topological polar surface area (TPSA) is 68.2 Å². The molecule has 148 valence electrons. The van der Waals surface area contributed by atoms with Gasteiger partial charge in [0.1, 0.15) is 15.5 Å². The molecule has 8 heteroatoms. The number of pyridine rings is 1. The fourth-order valence-electron chi connectivity index (χ4n) is 3.00. The van der Waals surface area contributed by atoms with Gasteiger partial charge in [0, 0.05) is 25.5 Å². The van der Waals surface area contributed by atoms with Crippen molar-refractivity contribution in [3.05, 3.63) is 45.8 Å². The Hall–Kier alpha value is -2.25. The van der Waals surface area contributed by atoms with Crippen molar-refractivity contribution in [2.75, 3.05) is 24.6 Å². The molecule has 0 aliphatic rings. The van der Waals surface area contributed by atoms with E-state index in [1.165, 1.54) is 16.9 Å². The Bertz CT molecular complexity index is 962. The number of likely N-dealkylation sites (N-methyl/N-ethyl adjacent to an activating group) is 1. The lowest BCUT2D eigenvalue weighted by Gasteiger charge is -2.23. The fraction of sp³-hybridized carbons (Fsp3) is 0.400. The highest BCUT2D eigenvalue weighted by molar-refractivity contribution is 7.20. The Kier molecular flexibility index (Phi) is 6.80. The van der Waals surface area contributed by atoms with Crippen LogP contribution in [0, 0.1) is 6.92 Å². The van der Waals surface area contributed by atoms with Crippen LogP contribution in [-0.2, 0) is 11.2 Å². The summed E-state index contributed by atoms with van der Waals surface area (Å²) in [6, 6.07) is 4.02. The lowest BCUT2D eigenvalue weighted by atomic mass is 10.1. The van der Waals surface area contributed by atoms with Gasteiger partial charge >= 0.3 is 5.97 Å². The quantitative estimate of drug-likeness (QED) is 0.390. The number of carbonyl (C=O) groups is 1. The number of esters is 1. The molecule has 0 aromatic carbocycles. The van der Waals surface area contributed by atoms with Crippen LogP contribution in [0.4, 0.5) is 5.82 Å². The van der Waals surface area contributed by atoms with Crippen LogP contribution in [0.5, 0.6) is 0 Å². The summed E-state index contributed by atoms with van der Waals surface area (Å²) in [6.07, 6.45) is 5.23. The number of hydrogen-bond acceptors (Lipinski definition) is 7. The smallest absolute Gasteiger partial charge is 0.348 e. The van der Waals surface area contributed by atoms with Crippen molar-refractivity contribution in [2.45, 2.75) is 33.6 Å². The molecule has 3 aromatic rings. The molecular weight excluding hydrogens is 396 g/mol. The molecule has 6 nitrogen and oxygen atoms in total. The van der Waals surface area contributed by atoms with Crippen molar-refractivity contribution >= 4 is 44.9 Å². The predicted octanol–water partition coefficient (Wildman–Crippen LogP) is 4.68. The standard InChI is InChI=1S/C20H23ClN4O2S/c1-4-12-27-19(26)16-13(3)15-17(23-20(21)24-18(15)28-16)25(5-2)11-8-14-6-9-22-10-7-14/h6-7,9-10H,4-5,8,11-12H2,1-3H3. The van der Waals surface area contributed by atoms with Crippen molar-refractivity contribution in [1.82, 2.24) is 15.0 Å². The van der Waals surface area contributed by atoms with Crippen molar-refractivity contribution in [3.8, 4) is 0 Å². The highest BCUT2D eigenvalue weighted by Gasteiger charge is 2.23. The minimum absolute atomic E-state index is 0.180. The summed E-state index contributed by atoms with van der Waals surface area (Å²) in [4.78, 5) is 28.8. The van der Waals surface area contributed by atoms with E-state index in [4.69, 9.17) is 16.3 Å². The molecular formula is C20H23ClN4O2S. The number of anilines is 1. The van der Waals surface area contributed by atoms with Gasteiger partial charge in [-0.3, -0.25) is 4.98 Å². The van der Waals surface area contributed by atoms with Crippen molar-refractivity contribution in [1.29, 1.82) is 0 Å². The third-order valence-corrected chi connectivity index (χ3v) is 5.80. The third kappa shape index (κ3) is 4.42. The molecule has 0 saturated heterocycles. The Balaban J connectivity index is 1.96. The maximum Gasteiger partial charge on any atom is 0.348 e. The SMILES string of the molecule is CCCOC(=O)c1sc2nc(Cl)nc(N(CC)CCc3ccncc3)c2c1C. The molecule has 0 bridgehead atoms. The van der Waals surface area contributed by atoms with Crippen LogP contribution in [0.25, 0.3) is 10.2 Å². The monoisotopic (exact) mass is 418 g/mol. The van der Waals surface area contributed by atoms with Crippen molar-refractivity contribution in [3.63, 3.8) is 0 Å². The van der Waals surface area contributed by atoms with Gasteiger partial charge in [0.2, 0.25) is 5.28 Å². The van der Waals surface area contributed by atoms with Crippen LogP contribution in [-0.4, -0.2) is 40.6 Å². The number of halogens is 1. The summed E-state index contributed by atoms with van der Waals surface area (Å²) < 4.78 is 5.32. The highest BCUT2D eigenvalue weighted by atomic mass is 35.5. The van der Waals surface area contributed by atoms with E-state index in [9.17, 15) is 4.79 Å². The van der Waals surface area contributed by atoms with E-state index in [1.54, 1.807) is 12.4 Å². The molecule has 0 aliphatic carbocycles. The van der Waals surface area contributed by atoms with E-state index in [0.717, 1.165) is 42.7 Å². The molecule has 3 rings (SSSR count). The number of aromatic nitrogens is 3. The predicted molar refractivity (Wildman–Crippen MR) is 114 cm³/mol. The molecule has 0 aliphatic heterocycles. The van der Waals surface area contributed by atoms with E-state index >= 15 is 0 Å². The highest BCUT2D eigenvalue weighted by Crippen LogP contribution is 2.36. The molecule has 0 saturated carbocycles. The van der Waals surface area contributed by atoms with Gasteiger partial charge < -0.3 is 9.64 Å². The minimum atomic E-state index is -0.316. The first-order valence-corrected chi connectivity index (χ1v) is 10.5. The van der Waals surface area contributed by atoms with E-state index in [2.05, 4.69) is 26.8 Å². The Morgan fingerprint density at radius 3 is 2.68 bits per heavy atom. The molecule has 0 radical (unpaired) electrons. The summed E-state index contributed by atoms with van der Waals surface area (Å²) >= 11 is 7.51. The van der Waals surface area contributed by atoms with Crippen LogP contribution < -0.4 is 4.90 Å².